The topological polar surface area (TPSA) is 157 Å². The summed E-state index contributed by atoms with van der Waals surface area (Å²) in [5, 5.41) is 10.9. The van der Waals surface area contributed by atoms with E-state index in [1.54, 1.807) is 0 Å². The van der Waals surface area contributed by atoms with Crippen LogP contribution in [-0.2, 0) is 23.7 Å². The van der Waals surface area contributed by atoms with Crippen LogP contribution in [0.2, 0.25) is 16.6 Å². The van der Waals surface area contributed by atoms with Gasteiger partial charge < -0.3 is 14.9 Å². The van der Waals surface area contributed by atoms with Crippen molar-refractivity contribution < 1.29 is 26.2 Å². The van der Waals surface area contributed by atoms with Crippen molar-refractivity contribution in [2.75, 3.05) is 12.3 Å². The molecule has 210 valence electrons. The molecule has 15 heteroatoms. The highest BCUT2D eigenvalue weighted by molar-refractivity contribution is 8.00. The second-order valence-electron chi connectivity index (χ2n) is 10.6. The summed E-state index contributed by atoms with van der Waals surface area (Å²) >= 11 is 1.45. The van der Waals surface area contributed by atoms with Gasteiger partial charge in [-0.25, -0.2) is 24.2 Å². The van der Waals surface area contributed by atoms with Crippen LogP contribution in [0.15, 0.2) is 11.4 Å². The standard InChI is InChI=1S/C22H39FN6O5S2Si/c1-11(2)35-21-16-19(24)26-10-27-20(16)29(28-21)22-17(23)18(15(33-22)9-32-36(25,30)31)34-37(12(3)4,13(5)6)14(7)8/h10-15,17-18,22H,9H2,1-8H3,(H2,24,26,27)(H2,25,30,31)/t15-,17+,18-,22-/m1/s1. The number of hydrogen-bond acceptors (Lipinski definition) is 10. The van der Waals surface area contributed by atoms with Gasteiger partial charge in [0.25, 0.3) is 0 Å². The van der Waals surface area contributed by atoms with Gasteiger partial charge in [-0.2, -0.15) is 13.5 Å². The second kappa shape index (κ2) is 11.4. The molecule has 1 aliphatic rings. The number of alkyl halides is 1. The zero-order valence-corrected chi connectivity index (χ0v) is 25.2. The Kier molecular flexibility index (Phi) is 9.30. The first-order valence-electron chi connectivity index (χ1n) is 12.4. The van der Waals surface area contributed by atoms with E-state index in [0.717, 1.165) is 0 Å². The first-order chi connectivity index (χ1) is 17.1. The molecule has 0 aromatic carbocycles. The van der Waals surface area contributed by atoms with Gasteiger partial charge in [0.1, 0.15) is 29.4 Å². The van der Waals surface area contributed by atoms with Crippen LogP contribution in [0.5, 0.6) is 0 Å². The van der Waals surface area contributed by atoms with Crippen LogP contribution < -0.4 is 10.9 Å². The number of hydrogen-bond donors (Lipinski definition) is 2. The maximum Gasteiger partial charge on any atom is 0.333 e. The minimum atomic E-state index is -4.29. The lowest BCUT2D eigenvalue weighted by molar-refractivity contribution is -0.0448. The van der Waals surface area contributed by atoms with Crippen molar-refractivity contribution >= 4 is 47.2 Å². The van der Waals surface area contributed by atoms with Gasteiger partial charge >= 0.3 is 10.3 Å². The molecule has 37 heavy (non-hydrogen) atoms. The van der Waals surface area contributed by atoms with Gasteiger partial charge in [0.05, 0.1) is 12.0 Å². The van der Waals surface area contributed by atoms with Gasteiger partial charge in [-0.1, -0.05) is 55.4 Å². The van der Waals surface area contributed by atoms with E-state index in [1.165, 1.54) is 22.8 Å². The molecule has 1 saturated heterocycles. The summed E-state index contributed by atoms with van der Waals surface area (Å²) in [6.07, 6.45) is -3.83. The molecule has 0 unspecified atom stereocenters. The quantitative estimate of drug-likeness (QED) is 0.296. The highest BCUT2D eigenvalue weighted by Crippen LogP contribution is 2.47. The predicted octanol–water partition coefficient (Wildman–Crippen LogP) is 3.93. The molecular formula is C22H39FN6O5S2Si. The van der Waals surface area contributed by atoms with E-state index >= 15 is 4.39 Å². The van der Waals surface area contributed by atoms with E-state index in [-0.39, 0.29) is 27.7 Å². The zero-order valence-electron chi connectivity index (χ0n) is 22.6. The molecule has 4 N–H and O–H groups in total. The lowest BCUT2D eigenvalue weighted by Gasteiger charge is -2.44. The summed E-state index contributed by atoms with van der Waals surface area (Å²) in [6, 6.07) is 0. The fourth-order valence-electron chi connectivity index (χ4n) is 5.42. The van der Waals surface area contributed by atoms with Crippen LogP contribution in [0, 0.1) is 0 Å². The van der Waals surface area contributed by atoms with Gasteiger partial charge in [0.15, 0.2) is 18.0 Å². The van der Waals surface area contributed by atoms with Crippen LogP contribution in [0.3, 0.4) is 0 Å². The average Bonchev–Trinajstić information content (AvgIpc) is 3.26. The molecule has 3 rings (SSSR count). The van der Waals surface area contributed by atoms with Crippen LogP contribution in [0.25, 0.3) is 11.0 Å². The Balaban J connectivity index is 2.10. The summed E-state index contributed by atoms with van der Waals surface area (Å²) in [5.41, 5.74) is 6.93. The van der Waals surface area contributed by atoms with Crippen molar-refractivity contribution in [2.24, 2.45) is 5.14 Å². The number of nitrogen functional groups attached to an aromatic ring is 1. The molecule has 2 aromatic heterocycles. The smallest absolute Gasteiger partial charge is 0.333 e. The Morgan fingerprint density at radius 3 is 2.24 bits per heavy atom. The molecule has 0 amide bonds. The molecule has 0 saturated carbocycles. The number of halogens is 1. The van der Waals surface area contributed by atoms with Crippen molar-refractivity contribution in [1.29, 1.82) is 0 Å². The lowest BCUT2D eigenvalue weighted by atomic mass is 10.1. The third-order valence-electron chi connectivity index (χ3n) is 6.79. The van der Waals surface area contributed by atoms with E-state index in [0.29, 0.717) is 16.1 Å². The Morgan fingerprint density at radius 2 is 1.73 bits per heavy atom. The van der Waals surface area contributed by atoms with E-state index in [2.05, 4.69) is 56.6 Å². The SMILES string of the molecule is CC(C)Sc1nn([C@@H]2O[C@H](COS(N)(=O)=O)[C@@H](O[Si](C(C)C)(C(C)C)C(C)C)[C@@H]2F)c2ncnc(N)c12. The van der Waals surface area contributed by atoms with Crippen molar-refractivity contribution in [2.45, 2.75) is 107 Å². The first-order valence-corrected chi connectivity index (χ1v) is 16.9. The van der Waals surface area contributed by atoms with Crippen molar-refractivity contribution in [3.8, 4) is 0 Å². The highest BCUT2D eigenvalue weighted by atomic mass is 32.2. The number of nitrogens with zero attached hydrogens (tertiary/aromatic N) is 4. The Morgan fingerprint density at radius 1 is 1.14 bits per heavy atom. The van der Waals surface area contributed by atoms with E-state index in [1.807, 2.05) is 13.8 Å². The second-order valence-corrected chi connectivity index (χ2v) is 18.8. The van der Waals surface area contributed by atoms with Crippen molar-refractivity contribution in [3.05, 3.63) is 6.33 Å². The fourth-order valence-corrected chi connectivity index (χ4v) is 12.2. The number of nitrogens with two attached hydrogens (primary N) is 2. The molecule has 4 atom stereocenters. The summed E-state index contributed by atoms with van der Waals surface area (Å²) in [6.45, 7) is 16.0. The minimum Gasteiger partial charge on any atom is -0.407 e. The van der Waals surface area contributed by atoms with Crippen LogP contribution in [0.1, 0.15) is 61.6 Å². The van der Waals surface area contributed by atoms with Gasteiger partial charge in [-0.3, -0.25) is 4.18 Å². The van der Waals surface area contributed by atoms with E-state index in [4.69, 9.17) is 24.2 Å². The number of aromatic nitrogens is 4. The number of ether oxygens (including phenoxy) is 1. The minimum absolute atomic E-state index is 0.158. The first kappa shape index (κ1) is 30.2. The number of rotatable bonds is 11. The summed E-state index contributed by atoms with van der Waals surface area (Å²) < 4.78 is 58.6. The average molecular weight is 579 g/mol. The maximum atomic E-state index is 16.4. The molecule has 1 aliphatic heterocycles. The predicted molar refractivity (Wildman–Crippen MR) is 145 cm³/mol. The molecule has 0 spiro atoms. The van der Waals surface area contributed by atoms with Crippen LogP contribution in [-0.4, -0.2) is 66.7 Å². The molecule has 0 bridgehead atoms. The van der Waals surface area contributed by atoms with Gasteiger partial charge in [-0.15, -0.1) is 11.8 Å². The van der Waals surface area contributed by atoms with Gasteiger partial charge in [0.2, 0.25) is 8.32 Å². The molecule has 0 radical (unpaired) electrons. The van der Waals surface area contributed by atoms with Crippen molar-refractivity contribution in [1.82, 2.24) is 19.7 Å². The molecule has 2 aromatic rings. The molecule has 0 aliphatic carbocycles. The zero-order chi connectivity index (χ0) is 27.9. The normalized spacial score (nSPS) is 23.4. The fraction of sp³-hybridized carbons (Fsp3) is 0.773. The van der Waals surface area contributed by atoms with Crippen molar-refractivity contribution in [3.63, 3.8) is 0 Å². The van der Waals surface area contributed by atoms with Gasteiger partial charge in [-0.05, 0) is 16.6 Å². The Labute approximate surface area is 223 Å². The van der Waals surface area contributed by atoms with E-state index in [9.17, 15) is 8.42 Å². The van der Waals surface area contributed by atoms with Gasteiger partial charge in [0, 0.05) is 5.25 Å². The number of fused-ring (bicyclic) bond motifs is 1. The maximum absolute atomic E-state index is 16.4. The van der Waals surface area contributed by atoms with Crippen LogP contribution in [0.4, 0.5) is 10.2 Å². The Bertz CT molecular complexity index is 1170. The number of thioether (sulfide) groups is 1. The summed E-state index contributed by atoms with van der Waals surface area (Å²) in [4.78, 5) is 8.39. The monoisotopic (exact) mass is 578 g/mol. The Hall–Kier alpha value is -1.36. The molecule has 11 nitrogen and oxygen atoms in total. The third-order valence-corrected chi connectivity index (χ3v) is 14.3. The molecule has 3 heterocycles. The third kappa shape index (κ3) is 6.12. The largest absolute Gasteiger partial charge is 0.407 e. The summed E-state index contributed by atoms with van der Waals surface area (Å²) in [7, 11) is -6.88. The number of anilines is 1. The van der Waals surface area contributed by atoms with E-state index < -0.39 is 49.8 Å². The summed E-state index contributed by atoms with van der Waals surface area (Å²) in [5.74, 6) is 0.223. The van der Waals surface area contributed by atoms with Crippen LogP contribution >= 0.6 is 11.8 Å². The molecule has 1 fully saturated rings. The highest BCUT2D eigenvalue weighted by Gasteiger charge is 2.55. The molecular weight excluding hydrogens is 539 g/mol. The lowest BCUT2D eigenvalue weighted by Crippen LogP contribution is -2.53.